The molecule has 0 unspecified atom stereocenters. The Balaban J connectivity index is 2.85. The lowest BCUT2D eigenvalue weighted by atomic mass is 10.1. The predicted octanol–water partition coefficient (Wildman–Crippen LogP) is 3.31. The maximum atomic E-state index is 5.76. The van der Waals surface area contributed by atoms with E-state index < -0.39 is 0 Å². The Hall–Kier alpha value is -0.800. The molecule has 0 heterocycles. The Kier molecular flexibility index (Phi) is 4.36. The van der Waals surface area contributed by atoms with E-state index in [1.807, 2.05) is 19.1 Å². The average Bonchev–Trinajstić information content (AvgIpc) is 2.14. The van der Waals surface area contributed by atoms with Crippen molar-refractivity contribution in [2.45, 2.75) is 26.5 Å². The van der Waals surface area contributed by atoms with E-state index in [4.69, 9.17) is 10.5 Å². The highest BCUT2D eigenvalue weighted by atomic mass is 79.9. The molecule has 0 aliphatic carbocycles. The summed E-state index contributed by atoms with van der Waals surface area (Å²) in [5.41, 5.74) is 8.18. The molecular weight excluding hydrogens is 254 g/mol. The highest BCUT2D eigenvalue weighted by Crippen LogP contribution is 2.28. The number of halogens is 1. The van der Waals surface area contributed by atoms with E-state index in [9.17, 15) is 0 Å². The minimum Gasteiger partial charge on any atom is -0.474 e. The van der Waals surface area contributed by atoms with Crippen molar-refractivity contribution in [3.8, 4) is 5.75 Å². The zero-order valence-corrected chi connectivity index (χ0v) is 10.7. The molecule has 1 atom stereocenters. The van der Waals surface area contributed by atoms with E-state index >= 15 is 0 Å². The summed E-state index contributed by atoms with van der Waals surface area (Å²) in [4.78, 5) is 0. The zero-order valence-electron chi connectivity index (χ0n) is 9.09. The second-order valence-corrected chi connectivity index (χ2v) is 4.40. The van der Waals surface area contributed by atoms with Crippen molar-refractivity contribution in [3.63, 3.8) is 0 Å². The van der Waals surface area contributed by atoms with Crippen LogP contribution < -0.4 is 10.5 Å². The summed E-state index contributed by atoms with van der Waals surface area (Å²) in [5.74, 6) is 0.785. The van der Waals surface area contributed by atoms with Gasteiger partial charge >= 0.3 is 0 Å². The standard InChI is InChI=1S/C12H16BrNO/c1-4-5-12(14)15-11-7-9(3)8(2)6-10(11)13/h4,6-7,12H,1,5,14H2,2-3H3/t12-/m1/s1. The minimum absolute atomic E-state index is 0.332. The summed E-state index contributed by atoms with van der Waals surface area (Å²) in [6.45, 7) is 7.74. The Morgan fingerprint density at radius 3 is 2.67 bits per heavy atom. The Morgan fingerprint density at radius 1 is 1.47 bits per heavy atom. The van der Waals surface area contributed by atoms with Crippen LogP contribution in [0.3, 0.4) is 0 Å². The third-order valence-electron chi connectivity index (χ3n) is 2.23. The van der Waals surface area contributed by atoms with E-state index in [0.717, 1.165) is 10.2 Å². The smallest absolute Gasteiger partial charge is 0.151 e. The molecule has 0 saturated heterocycles. The first-order chi connectivity index (χ1) is 7.04. The topological polar surface area (TPSA) is 35.2 Å². The number of hydrogen-bond acceptors (Lipinski definition) is 2. The first-order valence-corrected chi connectivity index (χ1v) is 5.63. The maximum Gasteiger partial charge on any atom is 0.151 e. The van der Waals surface area contributed by atoms with Crippen LogP contribution in [0.2, 0.25) is 0 Å². The third kappa shape index (κ3) is 3.36. The molecule has 0 fully saturated rings. The van der Waals surface area contributed by atoms with Crippen LogP contribution in [-0.2, 0) is 0 Å². The molecule has 0 amide bonds. The Bertz CT molecular complexity index is 363. The van der Waals surface area contributed by atoms with Crippen molar-refractivity contribution in [2.24, 2.45) is 5.73 Å². The molecule has 15 heavy (non-hydrogen) atoms. The molecule has 1 rings (SSSR count). The first kappa shape index (κ1) is 12.3. The van der Waals surface area contributed by atoms with Crippen molar-refractivity contribution < 1.29 is 4.74 Å². The van der Waals surface area contributed by atoms with Gasteiger partial charge in [0.2, 0.25) is 0 Å². The van der Waals surface area contributed by atoms with Crippen LogP contribution in [0.5, 0.6) is 5.75 Å². The number of ether oxygens (including phenoxy) is 1. The molecule has 2 N–H and O–H groups in total. The second-order valence-electron chi connectivity index (χ2n) is 3.55. The van der Waals surface area contributed by atoms with Gasteiger partial charge in [0.15, 0.2) is 6.23 Å². The summed E-state index contributed by atoms with van der Waals surface area (Å²) >= 11 is 3.45. The Labute approximate surface area is 99.3 Å². The van der Waals surface area contributed by atoms with Crippen LogP contribution in [0.4, 0.5) is 0 Å². The van der Waals surface area contributed by atoms with E-state index in [1.54, 1.807) is 6.08 Å². The van der Waals surface area contributed by atoms with Crippen LogP contribution in [-0.4, -0.2) is 6.23 Å². The molecule has 1 aromatic rings. The van der Waals surface area contributed by atoms with Gasteiger partial charge < -0.3 is 4.74 Å². The van der Waals surface area contributed by atoms with Gasteiger partial charge in [-0.15, -0.1) is 6.58 Å². The molecular formula is C12H16BrNO. The Morgan fingerprint density at radius 2 is 2.07 bits per heavy atom. The molecule has 0 aliphatic heterocycles. The number of rotatable bonds is 4. The molecule has 0 aromatic heterocycles. The van der Waals surface area contributed by atoms with Gasteiger partial charge in [0.05, 0.1) is 4.47 Å². The number of benzene rings is 1. The molecule has 1 aromatic carbocycles. The van der Waals surface area contributed by atoms with Crippen molar-refractivity contribution >= 4 is 15.9 Å². The van der Waals surface area contributed by atoms with E-state index in [1.165, 1.54) is 11.1 Å². The van der Waals surface area contributed by atoms with Gasteiger partial charge in [0.25, 0.3) is 0 Å². The third-order valence-corrected chi connectivity index (χ3v) is 2.85. The second kappa shape index (κ2) is 5.33. The molecule has 3 heteroatoms. The van der Waals surface area contributed by atoms with Gasteiger partial charge in [0.1, 0.15) is 5.75 Å². The average molecular weight is 270 g/mol. The zero-order chi connectivity index (χ0) is 11.4. The molecule has 0 spiro atoms. The van der Waals surface area contributed by atoms with Gasteiger partial charge in [-0.1, -0.05) is 6.08 Å². The molecule has 82 valence electrons. The summed E-state index contributed by atoms with van der Waals surface area (Å²) in [6.07, 6.45) is 2.06. The largest absolute Gasteiger partial charge is 0.474 e. The van der Waals surface area contributed by atoms with Crippen LogP contribution in [0.15, 0.2) is 29.3 Å². The first-order valence-electron chi connectivity index (χ1n) is 4.84. The fourth-order valence-corrected chi connectivity index (χ4v) is 1.77. The van der Waals surface area contributed by atoms with Crippen LogP contribution in [0.25, 0.3) is 0 Å². The summed E-state index contributed by atoms with van der Waals surface area (Å²) in [7, 11) is 0. The maximum absolute atomic E-state index is 5.76. The van der Waals surface area contributed by atoms with Gasteiger partial charge in [-0.2, -0.15) is 0 Å². The minimum atomic E-state index is -0.332. The monoisotopic (exact) mass is 269 g/mol. The summed E-state index contributed by atoms with van der Waals surface area (Å²) in [6, 6.07) is 4.02. The van der Waals surface area contributed by atoms with Crippen LogP contribution >= 0.6 is 15.9 Å². The number of aryl methyl sites for hydroxylation is 2. The molecule has 0 radical (unpaired) electrons. The fraction of sp³-hybridized carbons (Fsp3) is 0.333. The SMILES string of the molecule is C=CC[C@H](N)Oc1cc(C)c(C)cc1Br. The lowest BCUT2D eigenvalue weighted by Crippen LogP contribution is -2.26. The highest BCUT2D eigenvalue weighted by molar-refractivity contribution is 9.10. The lowest BCUT2D eigenvalue weighted by molar-refractivity contribution is 0.211. The number of hydrogen-bond donors (Lipinski definition) is 1. The molecule has 0 saturated carbocycles. The molecule has 0 aliphatic rings. The van der Waals surface area contributed by atoms with Gasteiger partial charge in [0, 0.05) is 6.42 Å². The molecule has 0 bridgehead atoms. The van der Waals surface area contributed by atoms with E-state index in [0.29, 0.717) is 6.42 Å². The van der Waals surface area contributed by atoms with Crippen LogP contribution in [0, 0.1) is 13.8 Å². The fourth-order valence-electron chi connectivity index (χ4n) is 1.22. The summed E-state index contributed by atoms with van der Waals surface area (Å²) < 4.78 is 6.52. The predicted molar refractivity (Wildman–Crippen MR) is 67.0 cm³/mol. The van der Waals surface area contributed by atoms with Gasteiger partial charge in [-0.05, 0) is 53.0 Å². The quantitative estimate of drug-likeness (QED) is 0.673. The van der Waals surface area contributed by atoms with E-state index in [-0.39, 0.29) is 6.23 Å². The van der Waals surface area contributed by atoms with Crippen molar-refractivity contribution in [1.29, 1.82) is 0 Å². The lowest BCUT2D eigenvalue weighted by Gasteiger charge is -2.15. The van der Waals surface area contributed by atoms with Crippen molar-refractivity contribution in [1.82, 2.24) is 0 Å². The van der Waals surface area contributed by atoms with Gasteiger partial charge in [-0.25, -0.2) is 0 Å². The van der Waals surface area contributed by atoms with Gasteiger partial charge in [-0.3, -0.25) is 5.73 Å². The van der Waals surface area contributed by atoms with E-state index in [2.05, 4.69) is 29.4 Å². The van der Waals surface area contributed by atoms with Crippen molar-refractivity contribution in [3.05, 3.63) is 40.4 Å². The number of nitrogens with two attached hydrogens (primary N) is 1. The van der Waals surface area contributed by atoms with Crippen molar-refractivity contribution in [2.75, 3.05) is 0 Å². The summed E-state index contributed by atoms with van der Waals surface area (Å²) in [5, 5.41) is 0. The van der Waals surface area contributed by atoms with Crippen LogP contribution in [0.1, 0.15) is 17.5 Å². The normalized spacial score (nSPS) is 12.3. The molecule has 2 nitrogen and oxygen atoms in total. The highest BCUT2D eigenvalue weighted by Gasteiger charge is 2.07.